The average Bonchev–Trinajstić information content (AvgIpc) is 2.38. The van der Waals surface area contributed by atoms with Crippen molar-refractivity contribution in [1.82, 2.24) is 0 Å². The molecule has 0 saturated heterocycles. The van der Waals surface area contributed by atoms with E-state index in [1.807, 2.05) is 0 Å². The summed E-state index contributed by atoms with van der Waals surface area (Å²) in [6.07, 6.45) is 0. The van der Waals surface area contributed by atoms with Gasteiger partial charge in [0.15, 0.2) is 0 Å². The Kier molecular flexibility index (Phi) is 3.65. The number of rotatable bonds is 4. The maximum atomic E-state index is 13.6. The van der Waals surface area contributed by atoms with Crippen LogP contribution >= 0.6 is 0 Å². The van der Waals surface area contributed by atoms with Gasteiger partial charge in [0.1, 0.15) is 5.82 Å². The van der Waals surface area contributed by atoms with Crippen LogP contribution in [0.3, 0.4) is 0 Å². The minimum Gasteiger partial charge on any atom is -0.478 e. The van der Waals surface area contributed by atoms with Gasteiger partial charge in [-0.2, -0.15) is 0 Å². The van der Waals surface area contributed by atoms with Crippen molar-refractivity contribution < 1.29 is 19.1 Å². The molecule has 0 atom stereocenters. The lowest BCUT2D eigenvalue weighted by molar-refractivity contribution is 0.0696. The normalized spacial score (nSPS) is 10.1. The molecule has 1 amide bonds. The smallest absolute Gasteiger partial charge is 0.335 e. The Morgan fingerprint density at radius 1 is 1.15 bits per heavy atom. The summed E-state index contributed by atoms with van der Waals surface area (Å²) >= 11 is 0. The molecule has 0 heterocycles. The van der Waals surface area contributed by atoms with Gasteiger partial charge in [-0.05, 0) is 30.3 Å². The lowest BCUT2D eigenvalue weighted by atomic mass is 10.1. The maximum absolute atomic E-state index is 13.6. The van der Waals surface area contributed by atoms with E-state index >= 15 is 0 Å². The van der Waals surface area contributed by atoms with Gasteiger partial charge in [-0.15, -0.1) is 0 Å². The van der Waals surface area contributed by atoms with E-state index in [1.165, 1.54) is 30.3 Å². The molecule has 0 spiro atoms. The van der Waals surface area contributed by atoms with E-state index in [0.717, 1.165) is 6.07 Å². The SMILES string of the molecule is NC(=O)c1c(F)cccc1Nc1cccc(C(=O)O)c1. The molecule has 5 nitrogen and oxygen atoms in total. The first-order valence-corrected chi connectivity index (χ1v) is 5.67. The van der Waals surface area contributed by atoms with Crippen molar-refractivity contribution in [3.63, 3.8) is 0 Å². The summed E-state index contributed by atoms with van der Waals surface area (Å²) in [5.41, 5.74) is 5.54. The van der Waals surface area contributed by atoms with Crippen molar-refractivity contribution in [2.45, 2.75) is 0 Å². The Morgan fingerprint density at radius 3 is 2.50 bits per heavy atom. The number of nitrogens with two attached hydrogens (primary N) is 1. The number of aromatic carboxylic acids is 1. The van der Waals surface area contributed by atoms with Crippen LogP contribution < -0.4 is 11.1 Å². The van der Waals surface area contributed by atoms with Crippen LogP contribution in [0.4, 0.5) is 15.8 Å². The van der Waals surface area contributed by atoms with Crippen molar-refractivity contribution >= 4 is 23.3 Å². The van der Waals surface area contributed by atoms with Crippen LogP contribution in [-0.2, 0) is 0 Å². The first kappa shape index (κ1) is 13.5. The van der Waals surface area contributed by atoms with E-state index in [0.29, 0.717) is 5.69 Å². The van der Waals surface area contributed by atoms with Gasteiger partial charge in [-0.25, -0.2) is 9.18 Å². The number of primary amides is 1. The second-order valence-electron chi connectivity index (χ2n) is 4.04. The Labute approximate surface area is 113 Å². The molecule has 6 heteroatoms. The monoisotopic (exact) mass is 274 g/mol. The highest BCUT2D eigenvalue weighted by atomic mass is 19.1. The minimum absolute atomic E-state index is 0.0760. The van der Waals surface area contributed by atoms with E-state index in [4.69, 9.17) is 10.8 Å². The second kappa shape index (κ2) is 5.40. The highest BCUT2D eigenvalue weighted by Gasteiger charge is 2.14. The third-order valence-electron chi connectivity index (χ3n) is 2.65. The number of carboxylic acids is 1. The molecule has 0 aromatic heterocycles. The van der Waals surface area contributed by atoms with Gasteiger partial charge in [0.25, 0.3) is 5.91 Å². The fourth-order valence-electron chi connectivity index (χ4n) is 1.76. The number of anilines is 2. The summed E-state index contributed by atoms with van der Waals surface area (Å²) in [6, 6.07) is 9.96. The Hall–Kier alpha value is -2.89. The zero-order chi connectivity index (χ0) is 14.7. The number of hydrogen-bond acceptors (Lipinski definition) is 3. The van der Waals surface area contributed by atoms with Gasteiger partial charge < -0.3 is 16.2 Å². The van der Waals surface area contributed by atoms with Crippen molar-refractivity contribution in [1.29, 1.82) is 0 Å². The van der Waals surface area contributed by atoms with E-state index in [1.54, 1.807) is 6.07 Å². The number of amides is 1. The lowest BCUT2D eigenvalue weighted by Crippen LogP contribution is -2.15. The molecule has 102 valence electrons. The topological polar surface area (TPSA) is 92.4 Å². The lowest BCUT2D eigenvalue weighted by Gasteiger charge is -2.11. The molecule has 20 heavy (non-hydrogen) atoms. The predicted molar refractivity (Wildman–Crippen MR) is 71.6 cm³/mol. The molecular weight excluding hydrogens is 263 g/mol. The van der Waals surface area contributed by atoms with Crippen molar-refractivity contribution in [2.75, 3.05) is 5.32 Å². The number of benzene rings is 2. The van der Waals surface area contributed by atoms with E-state index in [2.05, 4.69) is 5.32 Å². The third kappa shape index (κ3) is 2.74. The Bertz CT molecular complexity index is 686. The largest absolute Gasteiger partial charge is 0.478 e. The molecule has 0 radical (unpaired) electrons. The van der Waals surface area contributed by atoms with Crippen LogP contribution in [-0.4, -0.2) is 17.0 Å². The van der Waals surface area contributed by atoms with Crippen LogP contribution in [0.25, 0.3) is 0 Å². The maximum Gasteiger partial charge on any atom is 0.335 e. The summed E-state index contributed by atoms with van der Waals surface area (Å²) in [4.78, 5) is 22.1. The number of carboxylic acid groups (broad SMARTS) is 1. The Balaban J connectivity index is 2.40. The molecule has 0 fully saturated rings. The molecule has 0 aliphatic rings. The number of hydrogen-bond donors (Lipinski definition) is 3. The average molecular weight is 274 g/mol. The molecular formula is C14H11FN2O3. The van der Waals surface area contributed by atoms with Crippen LogP contribution in [0.15, 0.2) is 42.5 Å². The van der Waals surface area contributed by atoms with Gasteiger partial charge in [0.05, 0.1) is 16.8 Å². The molecule has 0 saturated carbocycles. The Morgan fingerprint density at radius 2 is 1.85 bits per heavy atom. The van der Waals surface area contributed by atoms with E-state index < -0.39 is 17.7 Å². The van der Waals surface area contributed by atoms with Crippen LogP contribution in [0.5, 0.6) is 0 Å². The number of carbonyl (C=O) groups is 2. The molecule has 0 aliphatic carbocycles. The van der Waals surface area contributed by atoms with Crippen molar-refractivity contribution in [3.8, 4) is 0 Å². The summed E-state index contributed by atoms with van der Waals surface area (Å²) in [5.74, 6) is -2.72. The van der Waals surface area contributed by atoms with Crippen molar-refractivity contribution in [3.05, 3.63) is 59.4 Å². The van der Waals surface area contributed by atoms with Gasteiger partial charge >= 0.3 is 5.97 Å². The molecule has 0 bridgehead atoms. The van der Waals surface area contributed by atoms with Crippen LogP contribution in [0, 0.1) is 5.82 Å². The first-order chi connectivity index (χ1) is 9.49. The van der Waals surface area contributed by atoms with Gasteiger partial charge in [-0.1, -0.05) is 12.1 Å². The standard InChI is InChI=1S/C14H11FN2O3/c15-10-5-2-6-11(12(10)13(16)18)17-9-4-1-3-8(7-9)14(19)20/h1-7,17H,(H2,16,18)(H,19,20). The molecule has 4 N–H and O–H groups in total. The molecule has 0 unspecified atom stereocenters. The zero-order valence-electron chi connectivity index (χ0n) is 10.3. The fraction of sp³-hybridized carbons (Fsp3) is 0. The number of nitrogens with one attached hydrogen (secondary N) is 1. The molecule has 2 aromatic rings. The second-order valence-corrected chi connectivity index (χ2v) is 4.04. The highest BCUT2D eigenvalue weighted by Crippen LogP contribution is 2.23. The van der Waals surface area contributed by atoms with E-state index in [9.17, 15) is 14.0 Å². The number of halogens is 1. The van der Waals surface area contributed by atoms with E-state index in [-0.39, 0.29) is 16.8 Å². The molecule has 2 aromatic carbocycles. The van der Waals surface area contributed by atoms with Crippen LogP contribution in [0.2, 0.25) is 0 Å². The minimum atomic E-state index is -1.08. The summed E-state index contributed by atoms with van der Waals surface area (Å²) in [7, 11) is 0. The summed E-state index contributed by atoms with van der Waals surface area (Å²) < 4.78 is 13.6. The molecule has 2 rings (SSSR count). The quantitative estimate of drug-likeness (QED) is 0.798. The van der Waals surface area contributed by atoms with Gasteiger partial charge in [-0.3, -0.25) is 4.79 Å². The van der Waals surface area contributed by atoms with Gasteiger partial charge in [0, 0.05) is 5.69 Å². The van der Waals surface area contributed by atoms with Crippen LogP contribution in [0.1, 0.15) is 20.7 Å². The summed E-state index contributed by atoms with van der Waals surface area (Å²) in [5, 5.41) is 11.7. The highest BCUT2D eigenvalue weighted by molar-refractivity contribution is 5.99. The first-order valence-electron chi connectivity index (χ1n) is 5.67. The number of carbonyl (C=O) groups excluding carboxylic acids is 1. The zero-order valence-corrected chi connectivity index (χ0v) is 10.3. The molecule has 0 aliphatic heterocycles. The third-order valence-corrected chi connectivity index (χ3v) is 2.65. The van der Waals surface area contributed by atoms with Crippen molar-refractivity contribution in [2.24, 2.45) is 5.73 Å². The van der Waals surface area contributed by atoms with Gasteiger partial charge in [0.2, 0.25) is 0 Å². The fourth-order valence-corrected chi connectivity index (χ4v) is 1.76. The summed E-state index contributed by atoms with van der Waals surface area (Å²) in [6.45, 7) is 0. The predicted octanol–water partition coefficient (Wildman–Crippen LogP) is 2.37.